The van der Waals surface area contributed by atoms with Crippen LogP contribution in [0.25, 0.3) is 0 Å². The van der Waals surface area contributed by atoms with E-state index < -0.39 is 0 Å². The van der Waals surface area contributed by atoms with E-state index in [0.29, 0.717) is 12.1 Å². The van der Waals surface area contributed by atoms with Crippen molar-refractivity contribution in [2.45, 2.75) is 26.3 Å². The van der Waals surface area contributed by atoms with Gasteiger partial charge in [0, 0.05) is 5.69 Å². The Morgan fingerprint density at radius 2 is 1.71 bits per heavy atom. The molecule has 0 aliphatic rings. The first kappa shape index (κ1) is 14.6. The average Bonchev–Trinajstić information content (AvgIpc) is 2.49. The van der Waals surface area contributed by atoms with Crippen molar-refractivity contribution in [3.8, 4) is 12.1 Å². The van der Waals surface area contributed by atoms with Crippen molar-refractivity contribution in [1.29, 1.82) is 10.5 Å². The summed E-state index contributed by atoms with van der Waals surface area (Å²) in [5.41, 5.74) is 1.98. The summed E-state index contributed by atoms with van der Waals surface area (Å²) in [4.78, 5) is 12.4. The SMILES string of the molecule is CC(C)c1ccc(C#N)c(=O)n1Cc1ccccc1C#N. The molecule has 0 radical (unpaired) electrons. The Hall–Kier alpha value is -2.85. The zero-order chi connectivity index (χ0) is 15.4. The van der Waals surface area contributed by atoms with E-state index in [1.54, 1.807) is 28.8 Å². The van der Waals surface area contributed by atoms with Crippen LogP contribution in [0.1, 0.15) is 42.1 Å². The van der Waals surface area contributed by atoms with Gasteiger partial charge < -0.3 is 4.57 Å². The molecular formula is C17H15N3O. The van der Waals surface area contributed by atoms with Gasteiger partial charge in [0.1, 0.15) is 11.6 Å². The molecule has 2 rings (SSSR count). The molecule has 0 fully saturated rings. The van der Waals surface area contributed by atoms with Crippen LogP contribution in [0.15, 0.2) is 41.2 Å². The van der Waals surface area contributed by atoms with Crippen molar-refractivity contribution in [3.05, 3.63) is 69.1 Å². The average molecular weight is 277 g/mol. The quantitative estimate of drug-likeness (QED) is 0.866. The van der Waals surface area contributed by atoms with Crippen molar-refractivity contribution in [2.24, 2.45) is 0 Å². The highest BCUT2D eigenvalue weighted by Crippen LogP contribution is 2.16. The largest absolute Gasteiger partial charge is 0.307 e. The fraction of sp³-hybridized carbons (Fsp3) is 0.235. The summed E-state index contributed by atoms with van der Waals surface area (Å²) >= 11 is 0. The molecule has 0 bridgehead atoms. The van der Waals surface area contributed by atoms with Crippen molar-refractivity contribution in [1.82, 2.24) is 4.57 Å². The van der Waals surface area contributed by atoms with E-state index >= 15 is 0 Å². The Morgan fingerprint density at radius 3 is 2.33 bits per heavy atom. The third-order valence-corrected chi connectivity index (χ3v) is 3.39. The van der Waals surface area contributed by atoms with Crippen LogP contribution in [0.4, 0.5) is 0 Å². The first-order valence-electron chi connectivity index (χ1n) is 6.70. The Labute approximate surface area is 123 Å². The molecule has 4 heteroatoms. The monoisotopic (exact) mass is 277 g/mol. The number of nitrogens with zero attached hydrogens (tertiary/aromatic N) is 3. The molecule has 0 saturated heterocycles. The van der Waals surface area contributed by atoms with Gasteiger partial charge in [-0.3, -0.25) is 4.79 Å². The number of hydrogen-bond donors (Lipinski definition) is 0. The van der Waals surface area contributed by atoms with Gasteiger partial charge in [0.2, 0.25) is 0 Å². The highest BCUT2D eigenvalue weighted by Gasteiger charge is 2.13. The maximum atomic E-state index is 12.4. The molecule has 0 atom stereocenters. The second-order valence-electron chi connectivity index (χ2n) is 5.10. The molecule has 0 aliphatic heterocycles. The third kappa shape index (κ3) is 2.85. The smallest absolute Gasteiger partial charge is 0.268 e. The van der Waals surface area contributed by atoms with Crippen LogP contribution in [0.2, 0.25) is 0 Å². The Bertz CT molecular complexity index is 804. The predicted octanol–water partition coefficient (Wildman–Crippen LogP) is 2.76. The minimum absolute atomic E-state index is 0.119. The summed E-state index contributed by atoms with van der Waals surface area (Å²) < 4.78 is 1.58. The number of benzene rings is 1. The summed E-state index contributed by atoms with van der Waals surface area (Å²) in [6.45, 7) is 4.28. The molecule has 0 amide bonds. The van der Waals surface area contributed by atoms with Gasteiger partial charge in [-0.2, -0.15) is 10.5 Å². The molecule has 2 aromatic rings. The van der Waals surface area contributed by atoms with Gasteiger partial charge in [0.15, 0.2) is 0 Å². The van der Waals surface area contributed by atoms with Crippen molar-refractivity contribution in [3.63, 3.8) is 0 Å². The lowest BCUT2D eigenvalue weighted by molar-refractivity contribution is 0.656. The topological polar surface area (TPSA) is 69.6 Å². The second-order valence-corrected chi connectivity index (χ2v) is 5.10. The van der Waals surface area contributed by atoms with Gasteiger partial charge in [0.25, 0.3) is 5.56 Å². The zero-order valence-corrected chi connectivity index (χ0v) is 12.0. The van der Waals surface area contributed by atoms with E-state index in [2.05, 4.69) is 6.07 Å². The molecule has 0 aliphatic carbocycles. The molecule has 1 aromatic heterocycles. The Balaban J connectivity index is 2.61. The maximum Gasteiger partial charge on any atom is 0.268 e. The second kappa shape index (κ2) is 6.07. The normalized spacial score (nSPS) is 10.1. The Morgan fingerprint density at radius 1 is 1.05 bits per heavy atom. The minimum atomic E-state index is -0.309. The minimum Gasteiger partial charge on any atom is -0.307 e. The fourth-order valence-corrected chi connectivity index (χ4v) is 2.28. The molecule has 0 N–H and O–H groups in total. The van der Waals surface area contributed by atoms with E-state index in [9.17, 15) is 4.79 Å². The lowest BCUT2D eigenvalue weighted by Gasteiger charge is -2.16. The van der Waals surface area contributed by atoms with Gasteiger partial charge in [-0.15, -0.1) is 0 Å². The first-order valence-corrected chi connectivity index (χ1v) is 6.70. The van der Waals surface area contributed by atoms with Crippen LogP contribution < -0.4 is 5.56 Å². The number of pyridine rings is 1. The van der Waals surface area contributed by atoms with Gasteiger partial charge in [-0.05, 0) is 29.7 Å². The van der Waals surface area contributed by atoms with Crippen molar-refractivity contribution in [2.75, 3.05) is 0 Å². The molecule has 0 unspecified atom stereocenters. The fourth-order valence-electron chi connectivity index (χ4n) is 2.28. The lowest BCUT2D eigenvalue weighted by atomic mass is 10.1. The molecule has 104 valence electrons. The predicted molar refractivity (Wildman–Crippen MR) is 79.8 cm³/mol. The van der Waals surface area contributed by atoms with Gasteiger partial charge in [-0.1, -0.05) is 32.0 Å². The van der Waals surface area contributed by atoms with Crippen LogP contribution in [0.3, 0.4) is 0 Å². The molecule has 4 nitrogen and oxygen atoms in total. The van der Waals surface area contributed by atoms with Crippen LogP contribution in [0.5, 0.6) is 0 Å². The molecule has 0 spiro atoms. The highest BCUT2D eigenvalue weighted by atomic mass is 16.1. The Kier molecular flexibility index (Phi) is 4.21. The van der Waals surface area contributed by atoms with Crippen LogP contribution in [0, 0.1) is 22.7 Å². The van der Waals surface area contributed by atoms with Crippen LogP contribution >= 0.6 is 0 Å². The van der Waals surface area contributed by atoms with E-state index in [4.69, 9.17) is 10.5 Å². The molecule has 1 aromatic carbocycles. The third-order valence-electron chi connectivity index (χ3n) is 3.39. The van der Waals surface area contributed by atoms with Gasteiger partial charge >= 0.3 is 0 Å². The summed E-state index contributed by atoms with van der Waals surface area (Å²) in [6, 6.07) is 14.6. The van der Waals surface area contributed by atoms with Gasteiger partial charge in [0.05, 0.1) is 18.2 Å². The van der Waals surface area contributed by atoms with Gasteiger partial charge in [-0.25, -0.2) is 0 Å². The first-order chi connectivity index (χ1) is 10.1. The summed E-state index contributed by atoms with van der Waals surface area (Å²) in [6.07, 6.45) is 0. The van der Waals surface area contributed by atoms with Crippen molar-refractivity contribution >= 4 is 0 Å². The van der Waals surface area contributed by atoms with E-state index in [-0.39, 0.29) is 17.0 Å². The molecule has 0 saturated carbocycles. The standard InChI is InChI=1S/C17H15N3O/c1-12(2)16-8-7-14(10-19)17(21)20(16)11-15-6-4-3-5-13(15)9-18/h3-8,12H,11H2,1-2H3. The zero-order valence-electron chi connectivity index (χ0n) is 12.0. The number of nitriles is 2. The summed E-state index contributed by atoms with van der Waals surface area (Å²) in [5, 5.41) is 18.2. The number of rotatable bonds is 3. The highest BCUT2D eigenvalue weighted by molar-refractivity contribution is 5.38. The molecule has 21 heavy (non-hydrogen) atoms. The molecule has 1 heterocycles. The van der Waals surface area contributed by atoms with Crippen LogP contribution in [-0.4, -0.2) is 4.57 Å². The van der Waals surface area contributed by atoms with Crippen molar-refractivity contribution < 1.29 is 0 Å². The van der Waals surface area contributed by atoms with E-state index in [1.165, 1.54) is 0 Å². The number of hydrogen-bond acceptors (Lipinski definition) is 3. The maximum absolute atomic E-state index is 12.4. The van der Waals surface area contributed by atoms with Crippen LogP contribution in [-0.2, 0) is 6.54 Å². The lowest BCUT2D eigenvalue weighted by Crippen LogP contribution is -2.27. The summed E-state index contributed by atoms with van der Waals surface area (Å²) in [7, 11) is 0. The summed E-state index contributed by atoms with van der Waals surface area (Å²) in [5.74, 6) is 0.152. The van der Waals surface area contributed by atoms with E-state index in [1.807, 2.05) is 32.0 Å². The number of aromatic nitrogens is 1. The molecular weight excluding hydrogens is 262 g/mol. The van der Waals surface area contributed by atoms with E-state index in [0.717, 1.165) is 11.3 Å².